The Morgan fingerprint density at radius 3 is 2.32 bits per heavy atom. The van der Waals surface area contributed by atoms with Gasteiger partial charge in [-0.1, -0.05) is 6.92 Å². The lowest BCUT2D eigenvalue weighted by atomic mass is 10.4. The largest absolute Gasteiger partial charge is 0.370 e. The Morgan fingerprint density at radius 2 is 1.79 bits per heavy atom. The molecule has 0 spiro atoms. The maximum absolute atomic E-state index is 10.8. The number of hydrogen-bond donors (Lipinski definition) is 4. The fourth-order valence-corrected chi connectivity index (χ4v) is 1.94. The molecule has 0 aliphatic carbocycles. The van der Waals surface area contributed by atoms with E-state index in [-0.39, 0.29) is 11.7 Å². The molecule has 0 aliphatic rings. The van der Waals surface area contributed by atoms with Gasteiger partial charge in [0.2, 0.25) is 16.0 Å². The first kappa shape index (κ1) is 15.4. The minimum absolute atomic E-state index is 0.0679. The van der Waals surface area contributed by atoms with Crippen molar-refractivity contribution in [2.24, 2.45) is 5.14 Å². The van der Waals surface area contributed by atoms with Gasteiger partial charge in [0, 0.05) is 19.2 Å². The number of nitrogens with one attached hydrogen (secondary N) is 2. The van der Waals surface area contributed by atoms with Gasteiger partial charge in [-0.25, -0.2) is 13.6 Å². The fourth-order valence-electron chi connectivity index (χ4n) is 1.39. The maximum atomic E-state index is 10.8. The summed E-state index contributed by atoms with van der Waals surface area (Å²) in [6.07, 6.45) is 1.38. The van der Waals surface area contributed by atoms with Crippen molar-refractivity contribution in [1.82, 2.24) is 9.97 Å². The second-order valence-corrected chi connectivity index (χ2v) is 5.80. The Balaban J connectivity index is 2.51. The monoisotopic (exact) mass is 288 g/mol. The van der Waals surface area contributed by atoms with Crippen molar-refractivity contribution in [2.45, 2.75) is 19.8 Å². The standard InChI is InChI=1S/C10H20N6O2S/c1-2-4-13-8-7-9(16-10(11)15-8)14-5-3-6-19(12,17)18/h7H,2-6H2,1H3,(H2,12,17,18)(H4,11,13,14,15,16). The minimum atomic E-state index is -3.42. The van der Waals surface area contributed by atoms with Crippen LogP contribution in [0.1, 0.15) is 19.8 Å². The summed E-state index contributed by atoms with van der Waals surface area (Å²) in [5.41, 5.74) is 5.59. The van der Waals surface area contributed by atoms with Crippen molar-refractivity contribution in [2.75, 3.05) is 35.2 Å². The molecule has 0 unspecified atom stereocenters. The van der Waals surface area contributed by atoms with Crippen molar-refractivity contribution < 1.29 is 8.42 Å². The number of nitrogens with two attached hydrogens (primary N) is 2. The van der Waals surface area contributed by atoms with Gasteiger partial charge in [0.1, 0.15) is 11.6 Å². The number of primary sulfonamides is 1. The molecule has 1 heterocycles. The highest BCUT2D eigenvalue weighted by molar-refractivity contribution is 7.89. The number of hydrogen-bond acceptors (Lipinski definition) is 7. The second-order valence-electron chi connectivity index (χ2n) is 4.07. The van der Waals surface area contributed by atoms with Crippen LogP contribution in [0.3, 0.4) is 0 Å². The zero-order valence-electron chi connectivity index (χ0n) is 10.9. The summed E-state index contributed by atoms with van der Waals surface area (Å²) in [5, 5.41) is 11.0. The van der Waals surface area contributed by atoms with Gasteiger partial charge in [0.15, 0.2) is 0 Å². The molecule has 0 radical (unpaired) electrons. The molecular weight excluding hydrogens is 268 g/mol. The highest BCUT2D eigenvalue weighted by Crippen LogP contribution is 2.12. The van der Waals surface area contributed by atoms with Crippen LogP contribution in [0.4, 0.5) is 17.6 Å². The third kappa shape index (κ3) is 6.77. The Morgan fingerprint density at radius 1 is 1.21 bits per heavy atom. The fraction of sp³-hybridized carbons (Fsp3) is 0.600. The van der Waals surface area contributed by atoms with E-state index >= 15 is 0 Å². The van der Waals surface area contributed by atoms with E-state index in [2.05, 4.69) is 20.6 Å². The Labute approximate surface area is 113 Å². The van der Waals surface area contributed by atoms with Crippen molar-refractivity contribution in [3.05, 3.63) is 6.07 Å². The van der Waals surface area contributed by atoms with Gasteiger partial charge < -0.3 is 16.4 Å². The van der Waals surface area contributed by atoms with Crippen molar-refractivity contribution >= 4 is 27.6 Å². The molecule has 0 aliphatic heterocycles. The van der Waals surface area contributed by atoms with E-state index in [9.17, 15) is 8.42 Å². The van der Waals surface area contributed by atoms with Crippen LogP contribution < -0.4 is 21.5 Å². The van der Waals surface area contributed by atoms with Crippen LogP contribution in [0.2, 0.25) is 0 Å². The smallest absolute Gasteiger partial charge is 0.223 e. The quantitative estimate of drug-likeness (QED) is 0.493. The molecule has 1 aromatic heterocycles. The predicted molar refractivity (Wildman–Crippen MR) is 76.3 cm³/mol. The Hall–Kier alpha value is -1.61. The van der Waals surface area contributed by atoms with Crippen LogP contribution in [-0.4, -0.2) is 37.2 Å². The van der Waals surface area contributed by atoms with Gasteiger partial charge in [0.05, 0.1) is 5.75 Å². The third-order valence-corrected chi connectivity index (χ3v) is 3.07. The van der Waals surface area contributed by atoms with E-state index in [0.717, 1.165) is 13.0 Å². The SMILES string of the molecule is CCCNc1cc(NCCCS(N)(=O)=O)nc(N)n1. The number of aromatic nitrogens is 2. The molecule has 0 saturated carbocycles. The number of rotatable bonds is 8. The molecule has 1 rings (SSSR count). The average Bonchev–Trinajstić information content (AvgIpc) is 2.30. The summed E-state index contributed by atoms with van der Waals surface area (Å²) in [5.74, 6) is 1.29. The van der Waals surface area contributed by atoms with E-state index in [1.807, 2.05) is 6.92 Å². The maximum Gasteiger partial charge on any atom is 0.223 e. The van der Waals surface area contributed by atoms with Crippen molar-refractivity contribution in [3.63, 3.8) is 0 Å². The zero-order chi connectivity index (χ0) is 14.3. The lowest BCUT2D eigenvalue weighted by Gasteiger charge is -2.09. The minimum Gasteiger partial charge on any atom is -0.370 e. The first-order valence-corrected chi connectivity index (χ1v) is 7.75. The molecule has 1 aromatic rings. The van der Waals surface area contributed by atoms with E-state index in [4.69, 9.17) is 10.9 Å². The van der Waals surface area contributed by atoms with Crippen LogP contribution in [-0.2, 0) is 10.0 Å². The molecule has 0 saturated heterocycles. The van der Waals surface area contributed by atoms with Crippen LogP contribution >= 0.6 is 0 Å². The van der Waals surface area contributed by atoms with Crippen molar-refractivity contribution in [3.8, 4) is 0 Å². The molecule has 0 aromatic carbocycles. The predicted octanol–water partition coefficient (Wildman–Crippen LogP) is -0.0288. The molecular formula is C10H20N6O2S. The van der Waals surface area contributed by atoms with Gasteiger partial charge in [0.25, 0.3) is 0 Å². The van der Waals surface area contributed by atoms with Gasteiger partial charge in [-0.15, -0.1) is 0 Å². The topological polar surface area (TPSA) is 136 Å². The highest BCUT2D eigenvalue weighted by Gasteiger charge is 2.04. The molecule has 0 fully saturated rings. The van der Waals surface area contributed by atoms with Crippen LogP contribution in [0.25, 0.3) is 0 Å². The summed E-state index contributed by atoms with van der Waals surface area (Å²) >= 11 is 0. The Kier molecular flexibility index (Phi) is 5.77. The molecule has 6 N–H and O–H groups in total. The highest BCUT2D eigenvalue weighted by atomic mass is 32.2. The zero-order valence-corrected chi connectivity index (χ0v) is 11.7. The van der Waals surface area contributed by atoms with Gasteiger partial charge in [-0.05, 0) is 12.8 Å². The summed E-state index contributed by atoms with van der Waals surface area (Å²) in [4.78, 5) is 8.05. The van der Waals surface area contributed by atoms with Crippen molar-refractivity contribution in [1.29, 1.82) is 0 Å². The number of nitrogens with zero attached hydrogens (tertiary/aromatic N) is 2. The average molecular weight is 288 g/mol. The molecule has 0 bridgehead atoms. The molecule has 0 amide bonds. The van der Waals surface area contributed by atoms with Gasteiger partial charge >= 0.3 is 0 Å². The second kappa shape index (κ2) is 7.10. The van der Waals surface area contributed by atoms with Crippen LogP contribution in [0.15, 0.2) is 6.07 Å². The van der Waals surface area contributed by atoms with E-state index in [0.29, 0.717) is 24.6 Å². The van der Waals surface area contributed by atoms with E-state index in [1.54, 1.807) is 6.07 Å². The molecule has 108 valence electrons. The number of nitrogen functional groups attached to an aromatic ring is 1. The molecule has 0 atom stereocenters. The first-order valence-electron chi connectivity index (χ1n) is 6.03. The van der Waals surface area contributed by atoms with Crippen LogP contribution in [0.5, 0.6) is 0 Å². The lowest BCUT2D eigenvalue weighted by molar-refractivity contribution is 0.595. The summed E-state index contributed by atoms with van der Waals surface area (Å²) in [6.45, 7) is 3.28. The number of sulfonamides is 1. The normalized spacial score (nSPS) is 11.3. The summed E-state index contributed by atoms with van der Waals surface area (Å²) in [6, 6.07) is 1.73. The molecule has 19 heavy (non-hydrogen) atoms. The van der Waals surface area contributed by atoms with Crippen LogP contribution in [0, 0.1) is 0 Å². The lowest BCUT2D eigenvalue weighted by Crippen LogP contribution is -2.19. The van der Waals surface area contributed by atoms with E-state index < -0.39 is 10.0 Å². The third-order valence-electron chi connectivity index (χ3n) is 2.21. The van der Waals surface area contributed by atoms with E-state index in [1.165, 1.54) is 0 Å². The summed E-state index contributed by atoms with van der Waals surface area (Å²) in [7, 11) is -3.42. The summed E-state index contributed by atoms with van der Waals surface area (Å²) < 4.78 is 21.5. The number of anilines is 3. The first-order chi connectivity index (χ1) is 8.90. The Bertz CT molecular complexity index is 505. The van der Waals surface area contributed by atoms with Gasteiger partial charge in [-0.2, -0.15) is 9.97 Å². The van der Waals surface area contributed by atoms with Gasteiger partial charge in [-0.3, -0.25) is 0 Å². The molecule has 9 heteroatoms. The molecule has 8 nitrogen and oxygen atoms in total.